The Morgan fingerprint density at radius 3 is 1.50 bits per heavy atom. The van der Waals surface area contributed by atoms with Gasteiger partial charge in [-0.05, 0) is 23.6 Å². The summed E-state index contributed by atoms with van der Waals surface area (Å²) in [5.41, 5.74) is 10.5. The largest absolute Gasteiger partial charge is 0.0601 e. The Balaban J connectivity index is 3.62. The van der Waals surface area contributed by atoms with Crippen molar-refractivity contribution in [2.75, 3.05) is 0 Å². The Labute approximate surface area is 36.1 Å². The minimum atomic E-state index is 1.73. The molecule has 1 rings (SSSR count). The van der Waals surface area contributed by atoms with Crippen LogP contribution in [0.3, 0.4) is 0 Å². The molecule has 6 heavy (non-hydrogen) atoms. The predicted octanol–water partition coefficient (Wildman–Crippen LogP) is 1.18. The van der Waals surface area contributed by atoms with Crippen molar-refractivity contribution in [3.63, 3.8) is 0 Å². The van der Waals surface area contributed by atoms with Crippen molar-refractivity contribution in [3.05, 3.63) is 35.1 Å². The zero-order valence-corrected chi connectivity index (χ0v) is 3.15. The minimum Gasteiger partial charge on any atom is -0.0601 e. The van der Waals surface area contributed by atoms with Gasteiger partial charge >= 0.3 is 0 Å². The molecule has 0 heteroatoms. The molecule has 0 aliphatic heterocycles. The molecule has 0 heterocycles. The van der Waals surface area contributed by atoms with Gasteiger partial charge in [-0.3, -0.25) is 0 Å². The first kappa shape index (κ1) is 3.07. The second-order valence-electron chi connectivity index (χ2n) is 0.872. The quantitative estimate of drug-likeness (QED) is 0.378. The van der Waals surface area contributed by atoms with Crippen LogP contribution in [0.5, 0.6) is 0 Å². The lowest BCUT2D eigenvalue weighted by Crippen LogP contribution is -1.38. The summed E-state index contributed by atoms with van der Waals surface area (Å²) in [7, 11) is 0. The lowest BCUT2D eigenvalue weighted by Gasteiger charge is -1.56. The van der Waals surface area contributed by atoms with Crippen LogP contribution in [0.25, 0.3) is 0 Å². The Kier molecular flexibility index (Phi) is 0.683. The van der Waals surface area contributed by atoms with E-state index in [0.29, 0.717) is 0 Å². The van der Waals surface area contributed by atoms with Crippen molar-refractivity contribution in [1.82, 2.24) is 0 Å². The van der Waals surface area contributed by atoms with Crippen molar-refractivity contribution in [2.45, 2.75) is 0 Å². The predicted molar refractivity (Wildman–Crippen MR) is 23.2 cm³/mol. The lowest BCUT2D eigenvalue weighted by atomic mass is 10.5. The smallest absolute Gasteiger partial charge is 0.00246 e. The molecule has 0 bridgehead atoms. The fourth-order valence-corrected chi connectivity index (χ4v) is 0.239. The summed E-state index contributed by atoms with van der Waals surface area (Å²) in [6.07, 6.45) is 3.47. The van der Waals surface area contributed by atoms with E-state index in [1.165, 1.54) is 0 Å². The van der Waals surface area contributed by atoms with Gasteiger partial charge in [0.25, 0.3) is 0 Å². The number of allylic oxidation sites excluding steroid dienone is 2. The van der Waals surface area contributed by atoms with Crippen LogP contribution in [0.1, 0.15) is 0 Å². The van der Waals surface area contributed by atoms with Crippen molar-refractivity contribution in [3.8, 4) is 0 Å². The van der Waals surface area contributed by atoms with Crippen LogP contribution in [0.15, 0.2) is 35.1 Å². The maximum Gasteiger partial charge on any atom is -0.00246 e. The van der Waals surface area contributed by atoms with Crippen LogP contribution in [-0.4, -0.2) is 0 Å². The Morgan fingerprint density at radius 1 is 0.833 bits per heavy atom. The molecule has 0 saturated heterocycles. The van der Waals surface area contributed by atoms with Crippen molar-refractivity contribution < 1.29 is 0 Å². The standard InChI is InChI=1S/C6H2/c1-2-4-6-5-3-1/h1-2H. The zero-order chi connectivity index (χ0) is 4.24. The van der Waals surface area contributed by atoms with Crippen LogP contribution in [-0.2, 0) is 0 Å². The summed E-state index contributed by atoms with van der Waals surface area (Å²) in [5, 5.41) is 0. The van der Waals surface area contributed by atoms with Crippen molar-refractivity contribution in [2.24, 2.45) is 0 Å². The van der Waals surface area contributed by atoms with Crippen LogP contribution >= 0.6 is 0 Å². The van der Waals surface area contributed by atoms with E-state index in [1.807, 2.05) is 0 Å². The average Bonchev–Trinajstić information content (AvgIpc) is 1.72. The van der Waals surface area contributed by atoms with Gasteiger partial charge in [-0.25, -0.2) is 0 Å². The van der Waals surface area contributed by atoms with E-state index in [4.69, 9.17) is 0 Å². The summed E-state index contributed by atoms with van der Waals surface area (Å²) < 4.78 is 0. The topological polar surface area (TPSA) is 0 Å². The van der Waals surface area contributed by atoms with Crippen LogP contribution in [0, 0.1) is 0 Å². The number of hydrogen-bond donors (Lipinski definition) is 0. The molecule has 0 unspecified atom stereocenters. The average molecular weight is 74.1 g/mol. The molecule has 0 saturated carbocycles. The lowest BCUT2D eigenvalue weighted by molar-refractivity contribution is 1.98. The highest BCUT2D eigenvalue weighted by Gasteiger charge is 1.52. The molecule has 0 amide bonds. The van der Waals surface area contributed by atoms with Gasteiger partial charge in [-0.2, -0.15) is 0 Å². The first-order chi connectivity index (χ1) is 3.00. The summed E-state index contributed by atoms with van der Waals surface area (Å²) in [4.78, 5) is 0. The zero-order valence-electron chi connectivity index (χ0n) is 3.15. The van der Waals surface area contributed by atoms with Crippen molar-refractivity contribution in [1.29, 1.82) is 0 Å². The number of rotatable bonds is 0. The van der Waals surface area contributed by atoms with Gasteiger partial charge in [0.2, 0.25) is 0 Å². The van der Waals surface area contributed by atoms with E-state index in [1.54, 1.807) is 12.2 Å². The van der Waals surface area contributed by atoms with Gasteiger partial charge in [0.1, 0.15) is 0 Å². The highest BCUT2D eigenvalue weighted by molar-refractivity contribution is 5.05. The molecule has 0 nitrogen and oxygen atoms in total. The molecule has 0 spiro atoms. The molecule has 1 aliphatic carbocycles. The normalized spacial score (nSPS) is 10.7. The summed E-state index contributed by atoms with van der Waals surface area (Å²) in [5.74, 6) is 0. The van der Waals surface area contributed by atoms with Gasteiger partial charge in [0.05, 0.1) is 0 Å². The van der Waals surface area contributed by atoms with Gasteiger partial charge in [-0.1, -0.05) is 11.5 Å². The van der Waals surface area contributed by atoms with E-state index in [2.05, 4.69) is 22.9 Å². The van der Waals surface area contributed by atoms with Gasteiger partial charge in [0.15, 0.2) is 0 Å². The molecule has 1 aliphatic rings. The highest BCUT2D eigenvalue weighted by atomic mass is 13.5. The summed E-state index contributed by atoms with van der Waals surface area (Å²) >= 11 is 0. The van der Waals surface area contributed by atoms with E-state index in [0.717, 1.165) is 0 Å². The van der Waals surface area contributed by atoms with E-state index in [9.17, 15) is 0 Å². The second kappa shape index (κ2) is 1.34. The molecule has 0 aromatic carbocycles. The van der Waals surface area contributed by atoms with Crippen LogP contribution in [0.4, 0.5) is 0 Å². The molecule has 0 N–H and O–H groups in total. The fraction of sp³-hybridized carbons (Fsp3) is 0. The van der Waals surface area contributed by atoms with E-state index in [-0.39, 0.29) is 0 Å². The highest BCUT2D eigenvalue weighted by Crippen LogP contribution is 1.69. The Hall–Kier alpha value is -1.14. The molecule has 26 valence electrons. The third-order valence-corrected chi connectivity index (χ3v) is 0.457. The summed E-state index contributed by atoms with van der Waals surface area (Å²) in [6.45, 7) is 0. The van der Waals surface area contributed by atoms with Crippen LogP contribution < -0.4 is 0 Å². The first-order valence-corrected chi connectivity index (χ1v) is 1.66. The van der Waals surface area contributed by atoms with Gasteiger partial charge in [0, 0.05) is 0 Å². The monoisotopic (exact) mass is 74.0 g/mol. The molecule has 0 atom stereocenters. The third kappa shape index (κ3) is 0.419. The van der Waals surface area contributed by atoms with Crippen molar-refractivity contribution >= 4 is 0 Å². The first-order valence-electron chi connectivity index (χ1n) is 1.66. The summed E-state index contributed by atoms with van der Waals surface area (Å²) in [6, 6.07) is 0. The van der Waals surface area contributed by atoms with E-state index >= 15 is 0 Å². The number of hydrogen-bond acceptors (Lipinski definition) is 0. The molecule has 0 radical (unpaired) electrons. The Bertz CT molecular complexity index is 172. The van der Waals surface area contributed by atoms with Gasteiger partial charge < -0.3 is 0 Å². The molecular formula is C6H2. The van der Waals surface area contributed by atoms with Crippen LogP contribution in [0.2, 0.25) is 0 Å². The maximum atomic E-state index is 2.68. The molecule has 0 fully saturated rings. The fourth-order valence-electron chi connectivity index (χ4n) is 0.239. The molecule has 0 aromatic heterocycles. The van der Waals surface area contributed by atoms with Gasteiger partial charge in [-0.15, -0.1) is 0 Å². The molecule has 0 aromatic rings. The molecular weight excluding hydrogens is 72.1 g/mol. The maximum absolute atomic E-state index is 2.68. The van der Waals surface area contributed by atoms with E-state index < -0.39 is 0 Å². The SMILES string of the molecule is C1=C=C=CC=C=1. The second-order valence-corrected chi connectivity index (χ2v) is 0.872. The minimum absolute atomic E-state index is 1.73. The third-order valence-electron chi connectivity index (χ3n) is 0.457. The Morgan fingerprint density at radius 2 is 1.33 bits per heavy atom.